The maximum absolute atomic E-state index is 11.4. The van der Waals surface area contributed by atoms with Gasteiger partial charge in [0.25, 0.3) is 5.91 Å². The summed E-state index contributed by atoms with van der Waals surface area (Å²) in [5.74, 6) is -2.63. The zero-order chi connectivity index (χ0) is 13.0. The Balaban J connectivity index is 2.58. The maximum Gasteiger partial charge on any atom is 0.371 e. The second-order valence-electron chi connectivity index (χ2n) is 3.44. The summed E-state index contributed by atoms with van der Waals surface area (Å²) in [4.78, 5) is 34.4. The number of hydrogen-bond acceptors (Lipinski definition) is 4. The first-order chi connectivity index (χ1) is 7.91. The Morgan fingerprint density at radius 3 is 2.35 bits per heavy atom. The summed E-state index contributed by atoms with van der Waals surface area (Å²) in [7, 11) is 3.12. The van der Waals surface area contributed by atoms with E-state index in [0.717, 1.165) is 0 Å². The van der Waals surface area contributed by atoms with E-state index in [1.807, 2.05) is 0 Å². The van der Waals surface area contributed by atoms with Crippen LogP contribution in [0.2, 0.25) is 0 Å². The Kier molecular flexibility index (Phi) is 3.86. The van der Waals surface area contributed by atoms with Gasteiger partial charge in [0.05, 0.1) is 6.54 Å². The first kappa shape index (κ1) is 12.8. The lowest BCUT2D eigenvalue weighted by Crippen LogP contribution is -2.36. The number of carboxylic acid groups (broad SMARTS) is 1. The molecule has 0 radical (unpaired) electrons. The van der Waals surface area contributed by atoms with Gasteiger partial charge in [-0.05, 0) is 12.1 Å². The second-order valence-corrected chi connectivity index (χ2v) is 3.44. The summed E-state index contributed by atoms with van der Waals surface area (Å²) in [6, 6.07) is 2.41. The van der Waals surface area contributed by atoms with E-state index in [4.69, 9.17) is 9.52 Å². The van der Waals surface area contributed by atoms with Gasteiger partial charge in [-0.15, -0.1) is 0 Å². The second kappa shape index (κ2) is 5.15. The molecular formula is C10H12N2O5. The molecule has 0 bridgehead atoms. The topological polar surface area (TPSA) is 99.9 Å². The summed E-state index contributed by atoms with van der Waals surface area (Å²) in [5, 5.41) is 10.9. The summed E-state index contributed by atoms with van der Waals surface area (Å²) < 4.78 is 4.76. The fourth-order valence-electron chi connectivity index (χ4n) is 0.976. The molecule has 1 rings (SSSR count). The Labute approximate surface area is 97.0 Å². The molecule has 1 heterocycles. The van der Waals surface area contributed by atoms with Crippen LogP contribution in [-0.2, 0) is 4.79 Å². The number of amides is 2. The van der Waals surface area contributed by atoms with E-state index in [1.54, 1.807) is 14.1 Å². The minimum atomic E-state index is -1.26. The van der Waals surface area contributed by atoms with Gasteiger partial charge in [0.1, 0.15) is 0 Å². The molecule has 0 saturated heterocycles. The Bertz CT molecular complexity index is 449. The number of carbonyl (C=O) groups is 3. The Morgan fingerprint density at radius 1 is 1.29 bits per heavy atom. The third-order valence-corrected chi connectivity index (χ3v) is 1.94. The quantitative estimate of drug-likeness (QED) is 0.758. The van der Waals surface area contributed by atoms with Crippen LogP contribution >= 0.6 is 0 Å². The number of aromatic carboxylic acids is 1. The molecule has 17 heavy (non-hydrogen) atoms. The lowest BCUT2D eigenvalue weighted by molar-refractivity contribution is -0.127. The number of hydrogen-bond donors (Lipinski definition) is 2. The van der Waals surface area contributed by atoms with Gasteiger partial charge in [0.2, 0.25) is 11.7 Å². The Hall–Kier alpha value is -2.31. The van der Waals surface area contributed by atoms with Crippen molar-refractivity contribution >= 4 is 17.8 Å². The van der Waals surface area contributed by atoms with Crippen LogP contribution < -0.4 is 5.32 Å². The minimum absolute atomic E-state index is 0.144. The van der Waals surface area contributed by atoms with Crippen LogP contribution in [0.3, 0.4) is 0 Å². The van der Waals surface area contributed by atoms with Crippen molar-refractivity contribution in [3.63, 3.8) is 0 Å². The maximum atomic E-state index is 11.4. The van der Waals surface area contributed by atoms with E-state index in [2.05, 4.69) is 5.32 Å². The normalized spacial score (nSPS) is 9.76. The molecule has 2 amide bonds. The van der Waals surface area contributed by atoms with Crippen LogP contribution in [0.25, 0.3) is 0 Å². The van der Waals surface area contributed by atoms with Gasteiger partial charge in [0, 0.05) is 14.1 Å². The zero-order valence-electron chi connectivity index (χ0n) is 9.39. The average molecular weight is 240 g/mol. The van der Waals surface area contributed by atoms with Crippen molar-refractivity contribution in [2.75, 3.05) is 20.6 Å². The van der Waals surface area contributed by atoms with Crippen molar-refractivity contribution < 1.29 is 23.9 Å². The summed E-state index contributed by atoms with van der Waals surface area (Å²) in [6.45, 7) is -0.172. The average Bonchev–Trinajstić information content (AvgIpc) is 2.74. The highest BCUT2D eigenvalue weighted by Gasteiger charge is 2.15. The molecule has 0 aliphatic heterocycles. The fraction of sp³-hybridized carbons (Fsp3) is 0.300. The molecule has 2 N–H and O–H groups in total. The molecule has 0 aliphatic carbocycles. The Morgan fingerprint density at radius 2 is 1.88 bits per heavy atom. The highest BCUT2D eigenvalue weighted by Crippen LogP contribution is 2.07. The number of furan rings is 1. The molecule has 1 aromatic rings. The molecule has 7 heteroatoms. The van der Waals surface area contributed by atoms with Gasteiger partial charge in [0.15, 0.2) is 5.76 Å². The predicted octanol–water partition coefficient (Wildman–Crippen LogP) is -0.204. The number of nitrogens with zero attached hydrogens (tertiary/aromatic N) is 1. The smallest absolute Gasteiger partial charge is 0.371 e. The van der Waals surface area contributed by atoms with Crippen LogP contribution in [0.15, 0.2) is 16.5 Å². The fourth-order valence-corrected chi connectivity index (χ4v) is 0.976. The molecule has 0 fully saturated rings. The first-order valence-corrected chi connectivity index (χ1v) is 4.73. The molecule has 0 unspecified atom stereocenters. The van der Waals surface area contributed by atoms with Crippen LogP contribution in [0, 0.1) is 0 Å². The van der Waals surface area contributed by atoms with Crippen molar-refractivity contribution in [1.29, 1.82) is 0 Å². The van der Waals surface area contributed by atoms with Gasteiger partial charge in [-0.25, -0.2) is 4.79 Å². The number of rotatable bonds is 4. The molecule has 0 aliphatic rings. The van der Waals surface area contributed by atoms with Crippen molar-refractivity contribution in [3.8, 4) is 0 Å². The standard InChI is InChI=1S/C10H12N2O5/c1-12(2)8(13)5-11-9(14)6-3-4-7(17-6)10(15)16/h3-4H,5H2,1-2H3,(H,11,14)(H,15,16). The van der Waals surface area contributed by atoms with Crippen LogP contribution in [0.1, 0.15) is 21.1 Å². The third kappa shape index (κ3) is 3.33. The van der Waals surface area contributed by atoms with Crippen LogP contribution in [0.5, 0.6) is 0 Å². The van der Waals surface area contributed by atoms with Gasteiger partial charge < -0.3 is 19.7 Å². The van der Waals surface area contributed by atoms with E-state index in [-0.39, 0.29) is 24.0 Å². The van der Waals surface area contributed by atoms with E-state index in [9.17, 15) is 14.4 Å². The first-order valence-electron chi connectivity index (χ1n) is 4.73. The zero-order valence-corrected chi connectivity index (χ0v) is 9.39. The summed E-state index contributed by atoms with van der Waals surface area (Å²) >= 11 is 0. The molecule has 0 aromatic carbocycles. The highest BCUT2D eigenvalue weighted by molar-refractivity contribution is 5.95. The molecule has 7 nitrogen and oxygen atoms in total. The van der Waals surface area contributed by atoms with Crippen LogP contribution in [-0.4, -0.2) is 48.4 Å². The number of carboxylic acids is 1. The van der Waals surface area contributed by atoms with Gasteiger partial charge in [-0.3, -0.25) is 9.59 Å². The predicted molar refractivity (Wildman–Crippen MR) is 56.7 cm³/mol. The SMILES string of the molecule is CN(C)C(=O)CNC(=O)c1ccc(C(=O)O)o1. The lowest BCUT2D eigenvalue weighted by Gasteiger charge is -2.09. The number of likely N-dealkylation sites (N-methyl/N-ethyl adjacent to an activating group) is 1. The summed E-state index contributed by atoms with van der Waals surface area (Å²) in [5.41, 5.74) is 0. The molecular weight excluding hydrogens is 228 g/mol. The third-order valence-electron chi connectivity index (χ3n) is 1.94. The number of nitrogens with one attached hydrogen (secondary N) is 1. The van der Waals surface area contributed by atoms with E-state index in [1.165, 1.54) is 17.0 Å². The van der Waals surface area contributed by atoms with Crippen molar-refractivity contribution in [1.82, 2.24) is 10.2 Å². The van der Waals surface area contributed by atoms with Gasteiger partial charge >= 0.3 is 5.97 Å². The van der Waals surface area contributed by atoms with Crippen LogP contribution in [0.4, 0.5) is 0 Å². The van der Waals surface area contributed by atoms with E-state index >= 15 is 0 Å². The summed E-state index contributed by atoms with van der Waals surface area (Å²) in [6.07, 6.45) is 0. The van der Waals surface area contributed by atoms with Crippen molar-refractivity contribution in [2.24, 2.45) is 0 Å². The molecule has 0 saturated carbocycles. The van der Waals surface area contributed by atoms with E-state index in [0.29, 0.717) is 0 Å². The number of carbonyl (C=O) groups excluding carboxylic acids is 2. The molecule has 0 spiro atoms. The highest BCUT2D eigenvalue weighted by atomic mass is 16.4. The van der Waals surface area contributed by atoms with E-state index < -0.39 is 11.9 Å². The van der Waals surface area contributed by atoms with Gasteiger partial charge in [-0.1, -0.05) is 0 Å². The monoisotopic (exact) mass is 240 g/mol. The lowest BCUT2D eigenvalue weighted by atomic mass is 10.4. The molecule has 1 aromatic heterocycles. The molecule has 0 atom stereocenters. The van der Waals surface area contributed by atoms with Gasteiger partial charge in [-0.2, -0.15) is 0 Å². The van der Waals surface area contributed by atoms with Crippen molar-refractivity contribution in [2.45, 2.75) is 0 Å². The van der Waals surface area contributed by atoms with Crippen molar-refractivity contribution in [3.05, 3.63) is 23.7 Å². The molecule has 92 valence electrons. The largest absolute Gasteiger partial charge is 0.475 e. The minimum Gasteiger partial charge on any atom is -0.475 e.